The third-order valence-corrected chi connectivity index (χ3v) is 7.47. The zero-order valence-corrected chi connectivity index (χ0v) is 19.7. The summed E-state index contributed by atoms with van der Waals surface area (Å²) >= 11 is 3.32. The van der Waals surface area contributed by atoms with Crippen LogP contribution in [0.5, 0.6) is 0 Å². The highest BCUT2D eigenvalue weighted by atomic mass is 32.2. The summed E-state index contributed by atoms with van der Waals surface area (Å²) in [7, 11) is 1.24. The molecule has 0 bridgehead atoms. The van der Waals surface area contributed by atoms with Gasteiger partial charge in [-0.25, -0.2) is 9.78 Å². The number of thioether (sulfide) groups is 2. The molecule has 4 heterocycles. The van der Waals surface area contributed by atoms with Crippen LogP contribution in [0.2, 0.25) is 0 Å². The van der Waals surface area contributed by atoms with Crippen LogP contribution in [0.15, 0.2) is 38.6 Å². The third-order valence-electron chi connectivity index (χ3n) is 4.62. The molecule has 5 N–H and O–H groups in total. The Hall–Kier alpha value is -3.44. The van der Waals surface area contributed by atoms with Gasteiger partial charge >= 0.3 is 5.97 Å². The molecule has 2 aliphatic heterocycles. The molecular weight excluding hydrogens is 508 g/mol. The fourth-order valence-corrected chi connectivity index (χ4v) is 5.96. The van der Waals surface area contributed by atoms with E-state index < -0.39 is 29.2 Å². The molecule has 0 saturated carbocycles. The first-order valence-electron chi connectivity index (χ1n) is 9.39. The van der Waals surface area contributed by atoms with Crippen molar-refractivity contribution in [3.63, 3.8) is 0 Å². The van der Waals surface area contributed by atoms with Crippen LogP contribution >= 0.6 is 35.1 Å². The third kappa shape index (κ3) is 4.62. The molecule has 0 radical (unpaired) electrons. The maximum atomic E-state index is 12.8. The van der Waals surface area contributed by atoms with Gasteiger partial charge in [-0.05, 0) is 5.57 Å². The van der Waals surface area contributed by atoms with Crippen LogP contribution in [-0.2, 0) is 19.2 Å². The second-order valence-corrected chi connectivity index (χ2v) is 9.58. The molecule has 4 rings (SSSR count). The normalized spacial score (nSPS) is 20.0. The van der Waals surface area contributed by atoms with Crippen molar-refractivity contribution < 1.29 is 24.3 Å². The predicted octanol–water partition coefficient (Wildman–Crippen LogP) is -0.915. The minimum atomic E-state index is -1.27. The molecule has 2 amide bonds. The second-order valence-electron chi connectivity index (χ2n) is 6.72. The summed E-state index contributed by atoms with van der Waals surface area (Å²) in [5.41, 5.74) is 5.31. The van der Waals surface area contributed by atoms with Crippen LogP contribution in [-0.4, -0.2) is 82.9 Å². The second kappa shape index (κ2) is 9.82. The van der Waals surface area contributed by atoms with Crippen molar-refractivity contribution in [2.45, 2.75) is 16.6 Å². The number of hydrogen-bond donors (Lipinski definition) is 4. The van der Waals surface area contributed by atoms with E-state index in [1.165, 1.54) is 31.1 Å². The largest absolute Gasteiger partial charge is 0.477 e. The molecule has 34 heavy (non-hydrogen) atoms. The number of nitrogens with zero attached hydrogens (tertiary/aromatic N) is 5. The van der Waals surface area contributed by atoms with Gasteiger partial charge in [0.05, 0.1) is 0 Å². The van der Waals surface area contributed by atoms with Gasteiger partial charge in [0.25, 0.3) is 17.4 Å². The Morgan fingerprint density at radius 2 is 2.26 bits per heavy atom. The molecule has 2 aromatic rings. The van der Waals surface area contributed by atoms with Crippen LogP contribution in [0, 0.1) is 0 Å². The molecule has 2 atom stereocenters. The van der Waals surface area contributed by atoms with Crippen LogP contribution < -0.4 is 16.6 Å². The number of aliphatic carboxylic acids is 1. The van der Waals surface area contributed by atoms with E-state index in [4.69, 9.17) is 5.73 Å². The van der Waals surface area contributed by atoms with Gasteiger partial charge in [-0.3, -0.25) is 19.3 Å². The van der Waals surface area contributed by atoms with Gasteiger partial charge in [-0.2, -0.15) is 9.36 Å². The summed E-state index contributed by atoms with van der Waals surface area (Å²) in [6, 6.07) is 0.286. The Morgan fingerprint density at radius 1 is 1.47 bits per heavy atom. The van der Waals surface area contributed by atoms with Crippen LogP contribution in [0.25, 0.3) is 0 Å². The number of amides is 2. The zero-order valence-electron chi connectivity index (χ0n) is 17.3. The van der Waals surface area contributed by atoms with Gasteiger partial charge in [0.1, 0.15) is 24.2 Å². The number of aromatic amines is 1. The SMILES string of the molecule is CO/N=C(\C(=O)N[C@@H]1C(=O)N2C(C(=O)O)=C(CSc3nccc(=O)[nH]3)CS[C@H]12)c1nsc(N)n1. The monoisotopic (exact) mass is 524 g/mol. The molecule has 14 nitrogen and oxygen atoms in total. The van der Waals surface area contributed by atoms with E-state index in [1.807, 2.05) is 0 Å². The highest BCUT2D eigenvalue weighted by Gasteiger charge is 2.54. The number of carboxylic acid groups (broad SMARTS) is 1. The van der Waals surface area contributed by atoms with Crippen molar-refractivity contribution in [1.29, 1.82) is 0 Å². The number of carboxylic acids is 1. The molecular formula is C17H16N8O6S3. The number of oxime groups is 1. The number of anilines is 1. The summed E-state index contributed by atoms with van der Waals surface area (Å²) in [4.78, 5) is 65.3. The first-order valence-corrected chi connectivity index (χ1v) is 12.2. The average Bonchev–Trinajstić information content (AvgIpc) is 3.24. The lowest BCUT2D eigenvalue weighted by atomic mass is 10.0. The van der Waals surface area contributed by atoms with E-state index in [0.717, 1.165) is 28.2 Å². The number of fused-ring (bicyclic) bond motifs is 1. The van der Waals surface area contributed by atoms with Crippen molar-refractivity contribution in [2.75, 3.05) is 24.3 Å². The summed E-state index contributed by atoms with van der Waals surface area (Å²) in [6.07, 6.45) is 1.35. The highest BCUT2D eigenvalue weighted by molar-refractivity contribution is 8.01. The minimum absolute atomic E-state index is 0.0558. The minimum Gasteiger partial charge on any atom is -0.477 e. The van der Waals surface area contributed by atoms with Crippen molar-refractivity contribution in [3.8, 4) is 0 Å². The van der Waals surface area contributed by atoms with E-state index >= 15 is 0 Å². The molecule has 2 aromatic heterocycles. The number of carbonyl (C=O) groups is 3. The first kappa shape index (κ1) is 23.7. The molecule has 0 aromatic carbocycles. The fourth-order valence-electron chi connectivity index (χ4n) is 3.19. The Labute approximate surface area is 203 Å². The first-order chi connectivity index (χ1) is 16.3. The van der Waals surface area contributed by atoms with E-state index in [1.54, 1.807) is 0 Å². The molecule has 2 aliphatic rings. The molecule has 1 fully saturated rings. The number of nitrogens with one attached hydrogen (secondary N) is 2. The maximum absolute atomic E-state index is 12.8. The number of nitrogen functional groups attached to an aromatic ring is 1. The van der Waals surface area contributed by atoms with Crippen LogP contribution in [0.1, 0.15) is 5.82 Å². The number of nitrogens with two attached hydrogens (primary N) is 1. The van der Waals surface area contributed by atoms with Gasteiger partial charge in [0.2, 0.25) is 11.5 Å². The highest BCUT2D eigenvalue weighted by Crippen LogP contribution is 2.41. The summed E-state index contributed by atoms with van der Waals surface area (Å²) in [6.45, 7) is 0. The average molecular weight is 525 g/mol. The van der Waals surface area contributed by atoms with E-state index in [-0.39, 0.29) is 33.7 Å². The number of H-pyrrole nitrogens is 1. The molecule has 1 saturated heterocycles. The van der Waals surface area contributed by atoms with E-state index in [9.17, 15) is 24.3 Å². The topological polar surface area (TPSA) is 206 Å². The van der Waals surface area contributed by atoms with Gasteiger partial charge in [-0.15, -0.1) is 11.8 Å². The molecule has 0 unspecified atom stereocenters. The summed E-state index contributed by atoms with van der Waals surface area (Å²) in [5.74, 6) is -2.16. The van der Waals surface area contributed by atoms with Crippen molar-refractivity contribution in [2.24, 2.45) is 5.16 Å². The number of hydrogen-bond acceptors (Lipinski definition) is 13. The number of β-lactam (4-membered cyclic amide) rings is 1. The zero-order chi connectivity index (χ0) is 24.4. The van der Waals surface area contributed by atoms with Crippen molar-refractivity contribution in [3.05, 3.63) is 39.7 Å². The lowest BCUT2D eigenvalue weighted by molar-refractivity contribution is -0.150. The summed E-state index contributed by atoms with van der Waals surface area (Å²) < 4.78 is 3.92. The quantitative estimate of drug-likeness (QED) is 0.109. The predicted molar refractivity (Wildman–Crippen MR) is 123 cm³/mol. The van der Waals surface area contributed by atoms with E-state index in [2.05, 4.69) is 34.6 Å². The smallest absolute Gasteiger partial charge is 0.352 e. The number of aromatic nitrogens is 4. The van der Waals surface area contributed by atoms with Crippen molar-refractivity contribution >= 4 is 63.7 Å². The lowest BCUT2D eigenvalue weighted by Crippen LogP contribution is -2.71. The maximum Gasteiger partial charge on any atom is 0.352 e. The molecule has 0 spiro atoms. The standard InChI is InChI=1S/C17H16N8O6S3/c1-31-23-8(11-22-16(18)34-24-11)12(27)21-9-13(28)25-10(15(29)30)6(4-32-14(9)25)5-33-17-19-3-2-7(26)20-17/h2-3,9,14H,4-5H2,1H3,(H,21,27)(H,29,30)(H2,18,22,24)(H,19,20,26)/b23-8-/t9-,14-/m1/s1. The Bertz CT molecular complexity index is 1270. The lowest BCUT2D eigenvalue weighted by Gasteiger charge is -2.49. The molecule has 17 heteroatoms. The van der Waals surface area contributed by atoms with Gasteiger partial charge < -0.3 is 26.0 Å². The van der Waals surface area contributed by atoms with Gasteiger partial charge in [0, 0.05) is 35.3 Å². The Balaban J connectivity index is 1.49. The van der Waals surface area contributed by atoms with Gasteiger partial charge in [0.15, 0.2) is 10.3 Å². The Kier molecular flexibility index (Phi) is 6.85. The summed E-state index contributed by atoms with van der Waals surface area (Å²) in [5, 5.41) is 15.8. The van der Waals surface area contributed by atoms with Crippen LogP contribution in [0.3, 0.4) is 0 Å². The molecule has 178 valence electrons. The van der Waals surface area contributed by atoms with E-state index in [0.29, 0.717) is 16.5 Å². The Morgan fingerprint density at radius 3 is 2.91 bits per heavy atom. The fraction of sp³-hybridized carbons (Fsp3) is 0.294. The van der Waals surface area contributed by atoms with Gasteiger partial charge in [-0.1, -0.05) is 16.9 Å². The molecule has 0 aliphatic carbocycles. The number of carbonyl (C=O) groups excluding carboxylic acids is 2. The van der Waals surface area contributed by atoms with Crippen molar-refractivity contribution in [1.82, 2.24) is 29.5 Å². The van der Waals surface area contributed by atoms with Crippen LogP contribution in [0.4, 0.5) is 5.13 Å². The number of rotatable bonds is 8.